The van der Waals surface area contributed by atoms with Crippen molar-refractivity contribution in [1.82, 2.24) is 0 Å². The minimum atomic E-state index is -1.14. The van der Waals surface area contributed by atoms with E-state index in [-0.39, 0.29) is 24.7 Å². The van der Waals surface area contributed by atoms with Crippen molar-refractivity contribution in [3.05, 3.63) is 47.5 Å². The Kier molecular flexibility index (Phi) is 8.75. The summed E-state index contributed by atoms with van der Waals surface area (Å²) >= 11 is 0. The van der Waals surface area contributed by atoms with Crippen LogP contribution in [0.15, 0.2) is 34.8 Å². The topological polar surface area (TPSA) is 51.8 Å². The second-order valence-electron chi connectivity index (χ2n) is 9.70. The van der Waals surface area contributed by atoms with Crippen molar-refractivity contribution < 1.29 is 19.0 Å². The van der Waals surface area contributed by atoms with E-state index in [2.05, 4.69) is 44.6 Å². The largest absolute Gasteiger partial charge is 0.462 e. The minimum absolute atomic E-state index is 0.0520. The molecule has 1 N–H and O–H groups in total. The smallest absolute Gasteiger partial charge is 0.147 e. The molecule has 0 aromatic carbocycles. The highest BCUT2D eigenvalue weighted by Crippen LogP contribution is 2.40. The molecule has 166 valence electrons. The minimum Gasteiger partial charge on any atom is -0.462 e. The standard InChI is InChI=1S/C25H38O4Si/c1-17(2)20-11-9-10-12-21(26)23(18(3)4)22-15-19(5)24(29-22)25(20)28-16-27-13-14-30(6,7)8/h15,20-21,23,25-26H,1,3,9,11,13-14,16H2,2,4-8H3/t20-,21+,23+,25+/m0/s1. The third-order valence-corrected chi connectivity index (χ3v) is 7.25. The SMILES string of the molecule is C=C(C)[C@@H]1CCC#C[C@@H](O)[C@@H](C(=C)C)c2cc(C)c(o2)[C@@H]1OCOCC[Si](C)(C)C. The highest BCUT2D eigenvalue weighted by atomic mass is 28.3. The molecule has 0 fully saturated rings. The molecule has 0 saturated heterocycles. The number of hydrogen-bond acceptors (Lipinski definition) is 4. The van der Waals surface area contributed by atoms with Crippen molar-refractivity contribution in [2.24, 2.45) is 5.92 Å². The van der Waals surface area contributed by atoms with Gasteiger partial charge in [0.05, 0.1) is 5.92 Å². The maximum absolute atomic E-state index is 10.6. The zero-order chi connectivity index (χ0) is 22.5. The van der Waals surface area contributed by atoms with Crippen LogP contribution in [-0.4, -0.2) is 32.7 Å². The monoisotopic (exact) mass is 430 g/mol. The van der Waals surface area contributed by atoms with Crippen LogP contribution in [0.5, 0.6) is 0 Å². The molecule has 0 radical (unpaired) electrons. The van der Waals surface area contributed by atoms with E-state index in [0.29, 0.717) is 18.8 Å². The van der Waals surface area contributed by atoms with Crippen molar-refractivity contribution in [1.29, 1.82) is 0 Å². The van der Waals surface area contributed by atoms with E-state index < -0.39 is 14.2 Å². The van der Waals surface area contributed by atoms with Gasteiger partial charge in [-0.2, -0.15) is 0 Å². The van der Waals surface area contributed by atoms with Gasteiger partial charge in [-0.1, -0.05) is 49.9 Å². The first kappa shape index (κ1) is 24.7. The molecule has 0 unspecified atom stereocenters. The van der Waals surface area contributed by atoms with Gasteiger partial charge in [-0.25, -0.2) is 0 Å². The fourth-order valence-electron chi connectivity index (χ4n) is 3.70. The first-order valence-corrected chi connectivity index (χ1v) is 14.5. The van der Waals surface area contributed by atoms with Crippen LogP contribution in [0.4, 0.5) is 0 Å². The molecule has 0 amide bonds. The number of hydrogen-bond donors (Lipinski definition) is 1. The molecule has 0 aliphatic carbocycles. The number of aliphatic hydroxyl groups is 1. The first-order valence-electron chi connectivity index (χ1n) is 10.8. The van der Waals surface area contributed by atoms with Gasteiger partial charge in [0.25, 0.3) is 0 Å². The lowest BCUT2D eigenvalue weighted by molar-refractivity contribution is -0.109. The van der Waals surface area contributed by atoms with Gasteiger partial charge in [0.1, 0.15) is 30.5 Å². The van der Waals surface area contributed by atoms with Crippen LogP contribution in [0.2, 0.25) is 25.7 Å². The Morgan fingerprint density at radius 1 is 1.27 bits per heavy atom. The molecule has 2 bridgehead atoms. The molecule has 4 nitrogen and oxygen atoms in total. The second kappa shape index (κ2) is 10.6. The summed E-state index contributed by atoms with van der Waals surface area (Å²) in [4.78, 5) is 0. The Balaban J connectivity index is 2.32. The summed E-state index contributed by atoms with van der Waals surface area (Å²) < 4.78 is 18.4. The van der Waals surface area contributed by atoms with Gasteiger partial charge >= 0.3 is 0 Å². The molecule has 0 saturated carbocycles. The Morgan fingerprint density at radius 2 is 1.97 bits per heavy atom. The van der Waals surface area contributed by atoms with Gasteiger partial charge in [0.15, 0.2) is 0 Å². The lowest BCUT2D eigenvalue weighted by Gasteiger charge is -2.27. The summed E-state index contributed by atoms with van der Waals surface area (Å²) in [5.41, 5.74) is 2.84. The van der Waals surface area contributed by atoms with Gasteiger partial charge in [-0.05, 0) is 44.9 Å². The van der Waals surface area contributed by atoms with E-state index in [1.54, 1.807) is 0 Å². The van der Waals surface area contributed by atoms with Gasteiger partial charge in [-0.15, -0.1) is 5.92 Å². The lowest BCUT2D eigenvalue weighted by Crippen LogP contribution is -2.23. The number of rotatable bonds is 8. The molecule has 2 rings (SSSR count). The quantitative estimate of drug-likeness (QED) is 0.181. The van der Waals surface area contributed by atoms with Gasteiger partial charge < -0.3 is 19.0 Å². The molecule has 0 spiro atoms. The highest BCUT2D eigenvalue weighted by Gasteiger charge is 2.32. The van der Waals surface area contributed by atoms with Gasteiger partial charge in [-0.3, -0.25) is 0 Å². The summed E-state index contributed by atoms with van der Waals surface area (Å²) in [5.74, 6) is 7.23. The van der Waals surface area contributed by atoms with Crippen LogP contribution in [0.1, 0.15) is 55.8 Å². The average molecular weight is 431 g/mol. The Labute approximate surface area is 183 Å². The molecule has 5 heteroatoms. The van der Waals surface area contributed by atoms with Crippen molar-refractivity contribution in [3.63, 3.8) is 0 Å². The third-order valence-electron chi connectivity index (χ3n) is 5.54. The van der Waals surface area contributed by atoms with Crippen LogP contribution < -0.4 is 0 Å². The summed E-state index contributed by atoms with van der Waals surface area (Å²) in [6, 6.07) is 3.07. The van der Waals surface area contributed by atoms with Gasteiger partial charge in [0, 0.05) is 27.0 Å². The van der Waals surface area contributed by atoms with E-state index in [9.17, 15) is 5.11 Å². The number of ether oxygens (including phenoxy) is 2. The maximum atomic E-state index is 10.6. The van der Waals surface area contributed by atoms with E-state index in [1.165, 1.54) is 0 Å². The van der Waals surface area contributed by atoms with Crippen LogP contribution in [0.25, 0.3) is 0 Å². The summed E-state index contributed by atoms with van der Waals surface area (Å²) in [6.07, 6.45) is 0.290. The molecule has 4 atom stereocenters. The Bertz CT molecular complexity index is 805. The fraction of sp³-hybridized carbons (Fsp3) is 0.600. The van der Waals surface area contributed by atoms with E-state index in [4.69, 9.17) is 13.9 Å². The van der Waals surface area contributed by atoms with Gasteiger partial charge in [0.2, 0.25) is 0 Å². The van der Waals surface area contributed by atoms with Crippen molar-refractivity contribution >= 4 is 8.07 Å². The predicted molar refractivity (Wildman–Crippen MR) is 125 cm³/mol. The van der Waals surface area contributed by atoms with Crippen LogP contribution in [0.3, 0.4) is 0 Å². The summed E-state index contributed by atoms with van der Waals surface area (Å²) in [7, 11) is -1.14. The second-order valence-corrected chi connectivity index (χ2v) is 15.3. The molecule has 1 aliphatic rings. The number of fused-ring (bicyclic) bond motifs is 2. The predicted octanol–water partition coefficient (Wildman–Crippen LogP) is 5.97. The maximum Gasteiger partial charge on any atom is 0.147 e. The highest BCUT2D eigenvalue weighted by molar-refractivity contribution is 6.76. The summed E-state index contributed by atoms with van der Waals surface area (Å²) in [5, 5.41) is 10.6. The van der Waals surface area contributed by atoms with Crippen LogP contribution >= 0.6 is 0 Å². The number of furan rings is 1. The molecular formula is C25H38O4Si. The van der Waals surface area contributed by atoms with Crippen molar-refractivity contribution in [2.45, 2.75) is 77.4 Å². The van der Waals surface area contributed by atoms with Crippen LogP contribution in [0, 0.1) is 24.7 Å². The number of aryl methyl sites for hydroxylation is 1. The lowest BCUT2D eigenvalue weighted by atomic mass is 9.87. The normalized spacial score (nSPS) is 24.5. The average Bonchev–Trinajstić information content (AvgIpc) is 2.96. The van der Waals surface area contributed by atoms with Crippen LogP contribution in [-0.2, 0) is 9.47 Å². The Morgan fingerprint density at radius 3 is 2.57 bits per heavy atom. The van der Waals surface area contributed by atoms with Crippen molar-refractivity contribution in [2.75, 3.05) is 13.4 Å². The Hall–Kier alpha value is -1.58. The van der Waals surface area contributed by atoms with Crippen molar-refractivity contribution in [3.8, 4) is 11.8 Å². The fourth-order valence-corrected chi connectivity index (χ4v) is 4.46. The molecule has 1 aromatic rings. The zero-order valence-corrected chi connectivity index (χ0v) is 20.5. The molecule has 2 heterocycles. The molecule has 30 heavy (non-hydrogen) atoms. The van der Waals surface area contributed by atoms with E-state index >= 15 is 0 Å². The zero-order valence-electron chi connectivity index (χ0n) is 19.5. The molecule has 1 aliphatic heterocycles. The third kappa shape index (κ3) is 6.71. The number of aliphatic hydroxyl groups excluding tert-OH is 1. The molecule has 1 aromatic heterocycles. The summed E-state index contributed by atoms with van der Waals surface area (Å²) in [6.45, 7) is 22.1. The molecular weight excluding hydrogens is 392 g/mol. The first-order chi connectivity index (χ1) is 14.0. The van der Waals surface area contributed by atoms with E-state index in [1.807, 2.05) is 26.8 Å². The van der Waals surface area contributed by atoms with E-state index in [0.717, 1.165) is 34.9 Å².